The summed E-state index contributed by atoms with van der Waals surface area (Å²) in [5, 5.41) is 12.6. The minimum atomic E-state index is -0.620. The van der Waals surface area contributed by atoms with Gasteiger partial charge in [-0.15, -0.1) is 0 Å². The molecule has 1 aliphatic rings. The average molecular weight is 235 g/mol. The molecule has 1 aliphatic heterocycles. The lowest BCUT2D eigenvalue weighted by Gasteiger charge is -2.20. The van der Waals surface area contributed by atoms with Crippen LogP contribution in [0.5, 0.6) is 5.75 Å². The molecule has 2 atom stereocenters. The molecule has 0 amide bonds. The second kappa shape index (κ2) is 4.37. The standard InChI is InChI=1S/C13H17NO3/c1-13(12(16)17-2)7-10(8-14-13)9-4-3-5-11(15)6-9/h3-6,10,14-15H,7-8H2,1-2H3. The van der Waals surface area contributed by atoms with Gasteiger partial charge >= 0.3 is 5.97 Å². The molecule has 1 heterocycles. The summed E-state index contributed by atoms with van der Waals surface area (Å²) in [7, 11) is 1.40. The molecule has 0 aromatic heterocycles. The van der Waals surface area contributed by atoms with Crippen LogP contribution in [0.25, 0.3) is 0 Å². The summed E-state index contributed by atoms with van der Waals surface area (Å²) in [6.45, 7) is 2.57. The molecular weight excluding hydrogens is 218 g/mol. The van der Waals surface area contributed by atoms with E-state index in [1.807, 2.05) is 19.1 Å². The van der Waals surface area contributed by atoms with Crippen LogP contribution in [-0.4, -0.2) is 30.3 Å². The summed E-state index contributed by atoms with van der Waals surface area (Å²) in [6, 6.07) is 7.17. The highest BCUT2D eigenvalue weighted by Crippen LogP contribution is 2.33. The smallest absolute Gasteiger partial charge is 0.325 e. The number of methoxy groups -OCH3 is 1. The molecule has 0 bridgehead atoms. The summed E-state index contributed by atoms with van der Waals surface area (Å²) in [6.07, 6.45) is 0.684. The van der Waals surface area contributed by atoms with E-state index in [-0.39, 0.29) is 17.6 Å². The molecule has 1 saturated heterocycles. The van der Waals surface area contributed by atoms with Crippen LogP contribution in [-0.2, 0) is 9.53 Å². The summed E-state index contributed by atoms with van der Waals surface area (Å²) in [4.78, 5) is 11.6. The van der Waals surface area contributed by atoms with Crippen LogP contribution in [0.15, 0.2) is 24.3 Å². The van der Waals surface area contributed by atoms with E-state index in [1.165, 1.54) is 7.11 Å². The number of phenols is 1. The highest BCUT2D eigenvalue weighted by Gasteiger charge is 2.42. The second-order valence-electron chi connectivity index (χ2n) is 4.70. The van der Waals surface area contributed by atoms with E-state index in [0.29, 0.717) is 6.42 Å². The van der Waals surface area contributed by atoms with Crippen LogP contribution in [0.2, 0.25) is 0 Å². The summed E-state index contributed by atoms with van der Waals surface area (Å²) >= 11 is 0. The molecule has 1 aromatic rings. The van der Waals surface area contributed by atoms with Crippen molar-refractivity contribution >= 4 is 5.97 Å². The van der Waals surface area contributed by atoms with Crippen LogP contribution in [0, 0.1) is 0 Å². The van der Waals surface area contributed by atoms with E-state index in [9.17, 15) is 9.90 Å². The van der Waals surface area contributed by atoms with Gasteiger partial charge in [0, 0.05) is 6.54 Å². The number of hydrogen-bond acceptors (Lipinski definition) is 4. The van der Waals surface area contributed by atoms with Gasteiger partial charge in [0.15, 0.2) is 0 Å². The number of carbonyl (C=O) groups excluding carboxylic acids is 1. The first-order valence-electron chi connectivity index (χ1n) is 5.67. The third-order valence-corrected chi connectivity index (χ3v) is 3.37. The Hall–Kier alpha value is -1.55. The number of phenolic OH excluding ortho intramolecular Hbond substituents is 1. The fraction of sp³-hybridized carbons (Fsp3) is 0.462. The maximum atomic E-state index is 11.6. The van der Waals surface area contributed by atoms with Gasteiger partial charge in [-0.05, 0) is 37.0 Å². The SMILES string of the molecule is COC(=O)C1(C)CC(c2cccc(O)c2)CN1. The van der Waals surface area contributed by atoms with Crippen molar-refractivity contribution < 1.29 is 14.6 Å². The molecule has 1 fully saturated rings. The van der Waals surface area contributed by atoms with Gasteiger partial charge in [-0.2, -0.15) is 0 Å². The fourth-order valence-electron chi connectivity index (χ4n) is 2.38. The number of esters is 1. The number of aromatic hydroxyl groups is 1. The molecule has 92 valence electrons. The number of ether oxygens (including phenoxy) is 1. The van der Waals surface area contributed by atoms with Gasteiger partial charge in [0.05, 0.1) is 7.11 Å². The second-order valence-corrected chi connectivity index (χ2v) is 4.70. The van der Waals surface area contributed by atoms with E-state index in [0.717, 1.165) is 12.1 Å². The van der Waals surface area contributed by atoms with Gasteiger partial charge in [-0.3, -0.25) is 4.79 Å². The van der Waals surface area contributed by atoms with E-state index in [2.05, 4.69) is 5.32 Å². The number of hydrogen-bond donors (Lipinski definition) is 2. The molecule has 4 heteroatoms. The molecule has 0 aliphatic carbocycles. The van der Waals surface area contributed by atoms with Gasteiger partial charge in [0.1, 0.15) is 11.3 Å². The topological polar surface area (TPSA) is 58.6 Å². The van der Waals surface area contributed by atoms with Crippen molar-refractivity contribution in [2.75, 3.05) is 13.7 Å². The fourth-order valence-corrected chi connectivity index (χ4v) is 2.38. The summed E-state index contributed by atoms with van der Waals surface area (Å²) in [5.74, 6) is 0.250. The summed E-state index contributed by atoms with van der Waals surface area (Å²) < 4.78 is 4.79. The third kappa shape index (κ3) is 2.26. The van der Waals surface area contributed by atoms with Crippen molar-refractivity contribution in [3.63, 3.8) is 0 Å². The molecule has 2 rings (SSSR count). The third-order valence-electron chi connectivity index (χ3n) is 3.37. The Labute approximate surface area is 101 Å². The number of benzene rings is 1. The van der Waals surface area contributed by atoms with Crippen molar-refractivity contribution in [2.24, 2.45) is 0 Å². The van der Waals surface area contributed by atoms with Crippen LogP contribution in [0.4, 0.5) is 0 Å². The van der Waals surface area contributed by atoms with E-state index < -0.39 is 5.54 Å². The molecular formula is C13H17NO3. The lowest BCUT2D eigenvalue weighted by Crippen LogP contribution is -2.45. The molecule has 17 heavy (non-hydrogen) atoms. The Kier molecular flexibility index (Phi) is 3.07. The van der Waals surface area contributed by atoms with Crippen LogP contribution in [0.3, 0.4) is 0 Å². The highest BCUT2D eigenvalue weighted by molar-refractivity contribution is 5.80. The van der Waals surface area contributed by atoms with E-state index >= 15 is 0 Å². The number of carbonyl (C=O) groups is 1. The van der Waals surface area contributed by atoms with Crippen LogP contribution in [0.1, 0.15) is 24.8 Å². The largest absolute Gasteiger partial charge is 0.508 e. The monoisotopic (exact) mass is 235 g/mol. The molecule has 0 radical (unpaired) electrons. The Morgan fingerprint density at radius 1 is 1.59 bits per heavy atom. The molecule has 1 aromatic carbocycles. The van der Waals surface area contributed by atoms with Gasteiger partial charge in [-0.25, -0.2) is 0 Å². The normalized spacial score (nSPS) is 28.0. The summed E-state index contributed by atoms with van der Waals surface area (Å²) in [5.41, 5.74) is 0.426. The van der Waals surface area contributed by atoms with Crippen molar-refractivity contribution in [1.82, 2.24) is 5.32 Å². The average Bonchev–Trinajstić information content (AvgIpc) is 2.72. The minimum Gasteiger partial charge on any atom is -0.508 e. The van der Waals surface area contributed by atoms with Gasteiger partial charge < -0.3 is 15.2 Å². The zero-order valence-electron chi connectivity index (χ0n) is 10.1. The maximum absolute atomic E-state index is 11.6. The number of rotatable bonds is 2. The molecule has 4 nitrogen and oxygen atoms in total. The van der Waals surface area contributed by atoms with E-state index in [1.54, 1.807) is 12.1 Å². The van der Waals surface area contributed by atoms with Gasteiger partial charge in [0.25, 0.3) is 0 Å². The Balaban J connectivity index is 2.15. The molecule has 2 N–H and O–H groups in total. The zero-order chi connectivity index (χ0) is 12.5. The van der Waals surface area contributed by atoms with Gasteiger partial charge in [-0.1, -0.05) is 12.1 Å². The number of nitrogens with one attached hydrogen (secondary N) is 1. The first kappa shape index (κ1) is 11.9. The van der Waals surface area contributed by atoms with Gasteiger partial charge in [0.2, 0.25) is 0 Å². The van der Waals surface area contributed by atoms with E-state index in [4.69, 9.17) is 4.74 Å². The molecule has 0 saturated carbocycles. The predicted octanol–water partition coefficient (Wildman–Crippen LogP) is 1.40. The minimum absolute atomic E-state index is 0.228. The Bertz CT molecular complexity index is 432. The van der Waals surface area contributed by atoms with Crippen LogP contribution < -0.4 is 5.32 Å². The lowest BCUT2D eigenvalue weighted by molar-refractivity contribution is -0.147. The van der Waals surface area contributed by atoms with Crippen molar-refractivity contribution in [2.45, 2.75) is 24.8 Å². The first-order valence-corrected chi connectivity index (χ1v) is 5.67. The molecule has 0 spiro atoms. The quantitative estimate of drug-likeness (QED) is 0.761. The van der Waals surface area contributed by atoms with Crippen LogP contribution >= 0.6 is 0 Å². The first-order chi connectivity index (χ1) is 8.05. The highest BCUT2D eigenvalue weighted by atomic mass is 16.5. The predicted molar refractivity (Wildman–Crippen MR) is 63.9 cm³/mol. The van der Waals surface area contributed by atoms with Crippen molar-refractivity contribution in [3.05, 3.63) is 29.8 Å². The van der Waals surface area contributed by atoms with Crippen molar-refractivity contribution in [3.8, 4) is 5.75 Å². The molecule has 2 unspecified atom stereocenters. The lowest BCUT2D eigenvalue weighted by atomic mass is 9.90. The Morgan fingerprint density at radius 2 is 2.35 bits per heavy atom. The zero-order valence-corrected chi connectivity index (χ0v) is 10.1. The van der Waals surface area contributed by atoms with Crippen molar-refractivity contribution in [1.29, 1.82) is 0 Å². The Morgan fingerprint density at radius 3 is 3.00 bits per heavy atom. The maximum Gasteiger partial charge on any atom is 0.325 e.